The van der Waals surface area contributed by atoms with Gasteiger partial charge in [-0.1, -0.05) is 0 Å². The molecule has 1 amide bonds. The Labute approximate surface area is 174 Å². The van der Waals surface area contributed by atoms with E-state index >= 15 is 0 Å². The van der Waals surface area contributed by atoms with Crippen LogP contribution in [-0.4, -0.2) is 70.8 Å². The number of anilines is 2. The van der Waals surface area contributed by atoms with Crippen molar-refractivity contribution in [2.24, 2.45) is 0 Å². The summed E-state index contributed by atoms with van der Waals surface area (Å²) >= 11 is 0. The minimum Gasteiger partial charge on any atom is -0.474 e. The molecule has 0 N–H and O–H groups in total. The maximum absolute atomic E-state index is 12.2. The number of nitrogens with zero attached hydrogens (tertiary/aromatic N) is 6. The highest BCUT2D eigenvalue weighted by Gasteiger charge is 2.34. The van der Waals surface area contributed by atoms with E-state index in [1.807, 2.05) is 6.92 Å². The topological polar surface area (TPSA) is 94.8 Å². The molecule has 1 fully saturated rings. The van der Waals surface area contributed by atoms with E-state index in [1.54, 1.807) is 11.1 Å². The number of ether oxygens (including phenoxy) is 3. The predicted octanol–water partition coefficient (Wildman–Crippen LogP) is 1.99. The van der Waals surface area contributed by atoms with E-state index in [2.05, 4.69) is 19.5 Å². The molecule has 5 heterocycles. The molecular formula is C20H26N6O4. The Morgan fingerprint density at radius 1 is 1.23 bits per heavy atom. The summed E-state index contributed by atoms with van der Waals surface area (Å²) in [6.45, 7) is 5.60. The van der Waals surface area contributed by atoms with Crippen molar-refractivity contribution >= 4 is 17.6 Å². The second-order valence-corrected chi connectivity index (χ2v) is 7.79. The first-order chi connectivity index (χ1) is 14.7. The van der Waals surface area contributed by atoms with Gasteiger partial charge in [0.05, 0.1) is 32.4 Å². The summed E-state index contributed by atoms with van der Waals surface area (Å²) in [6, 6.07) is 0.306. The molecular weight excluding hydrogens is 388 g/mol. The quantitative estimate of drug-likeness (QED) is 0.736. The van der Waals surface area contributed by atoms with Crippen LogP contribution in [0, 0.1) is 6.92 Å². The van der Waals surface area contributed by atoms with E-state index in [0.717, 1.165) is 49.5 Å². The smallest absolute Gasteiger partial charge is 0.409 e. The van der Waals surface area contributed by atoms with Crippen molar-refractivity contribution in [2.45, 2.75) is 38.8 Å². The maximum atomic E-state index is 12.2. The molecule has 5 rings (SSSR count). The number of amides is 1. The fraction of sp³-hybridized carbons (Fsp3) is 0.600. The summed E-state index contributed by atoms with van der Waals surface area (Å²) in [5.41, 5.74) is 3.06. The van der Waals surface area contributed by atoms with Crippen LogP contribution in [0.4, 0.5) is 16.3 Å². The van der Waals surface area contributed by atoms with Gasteiger partial charge in [-0.2, -0.15) is 10.1 Å². The number of aromatic nitrogens is 4. The van der Waals surface area contributed by atoms with E-state index in [1.165, 1.54) is 12.8 Å². The first-order valence-electron chi connectivity index (χ1n) is 10.4. The molecule has 0 saturated carbocycles. The Hall–Kier alpha value is -2.88. The minimum absolute atomic E-state index is 0.306. The summed E-state index contributed by atoms with van der Waals surface area (Å²) in [4.78, 5) is 24.9. The highest BCUT2D eigenvalue weighted by atomic mass is 16.5. The molecule has 30 heavy (non-hydrogen) atoms. The molecule has 0 radical (unpaired) electrons. The molecule has 10 heteroatoms. The molecule has 0 aliphatic carbocycles. The first kappa shape index (κ1) is 19.1. The van der Waals surface area contributed by atoms with E-state index in [0.29, 0.717) is 44.0 Å². The van der Waals surface area contributed by atoms with Crippen LogP contribution in [-0.2, 0) is 22.4 Å². The highest BCUT2D eigenvalue weighted by molar-refractivity contribution is 5.71. The lowest BCUT2D eigenvalue weighted by Gasteiger charge is -2.31. The van der Waals surface area contributed by atoms with Crippen molar-refractivity contribution in [3.8, 4) is 5.88 Å². The summed E-state index contributed by atoms with van der Waals surface area (Å²) in [5, 5.41) is 5.08. The van der Waals surface area contributed by atoms with Crippen LogP contribution in [0.3, 0.4) is 0 Å². The van der Waals surface area contributed by atoms with Gasteiger partial charge >= 0.3 is 6.09 Å². The van der Waals surface area contributed by atoms with Crippen molar-refractivity contribution in [1.82, 2.24) is 24.6 Å². The third-order valence-electron chi connectivity index (χ3n) is 5.99. The Morgan fingerprint density at radius 3 is 2.87 bits per heavy atom. The average molecular weight is 414 g/mol. The number of hydrogen-bond donors (Lipinski definition) is 0. The first-order valence-corrected chi connectivity index (χ1v) is 10.4. The maximum Gasteiger partial charge on any atom is 0.409 e. The van der Waals surface area contributed by atoms with Crippen molar-refractivity contribution in [3.05, 3.63) is 23.3 Å². The molecule has 0 aromatic carbocycles. The van der Waals surface area contributed by atoms with E-state index in [4.69, 9.17) is 19.3 Å². The number of aryl methyl sites for hydroxylation is 1. The van der Waals surface area contributed by atoms with Crippen molar-refractivity contribution in [3.63, 3.8) is 0 Å². The van der Waals surface area contributed by atoms with Crippen LogP contribution in [0.1, 0.15) is 36.0 Å². The molecule has 2 aromatic heterocycles. The van der Waals surface area contributed by atoms with Gasteiger partial charge in [0, 0.05) is 37.4 Å². The zero-order valence-electron chi connectivity index (χ0n) is 17.3. The molecule has 3 aliphatic rings. The van der Waals surface area contributed by atoms with Crippen LogP contribution in [0.5, 0.6) is 5.88 Å². The average Bonchev–Trinajstić information content (AvgIpc) is 3.17. The standard InChI is InChI=1S/C20H26N6O4/c1-13-21-11-17-19(22-13)30-10-7-25(17)18-15-12-24(20(27)28-2)6-3-16(15)26(23-18)14-4-8-29-9-5-14/h11,14H,3-10,12H2,1-2H3. The molecule has 1 saturated heterocycles. The molecule has 0 bridgehead atoms. The lowest BCUT2D eigenvalue weighted by atomic mass is 10.0. The van der Waals surface area contributed by atoms with Crippen LogP contribution < -0.4 is 9.64 Å². The van der Waals surface area contributed by atoms with E-state index < -0.39 is 0 Å². The largest absolute Gasteiger partial charge is 0.474 e. The van der Waals surface area contributed by atoms with Crippen LogP contribution in [0.25, 0.3) is 0 Å². The van der Waals surface area contributed by atoms with E-state index in [9.17, 15) is 4.79 Å². The molecule has 10 nitrogen and oxygen atoms in total. The monoisotopic (exact) mass is 414 g/mol. The number of carbonyl (C=O) groups excluding carboxylic acids is 1. The van der Waals surface area contributed by atoms with Gasteiger partial charge in [0.2, 0.25) is 5.88 Å². The summed E-state index contributed by atoms with van der Waals surface area (Å²) in [6.07, 6.45) is 4.10. The molecule has 0 atom stereocenters. The van der Waals surface area contributed by atoms with Crippen LogP contribution >= 0.6 is 0 Å². The predicted molar refractivity (Wildman–Crippen MR) is 107 cm³/mol. The van der Waals surface area contributed by atoms with Crippen LogP contribution in [0.15, 0.2) is 6.20 Å². The van der Waals surface area contributed by atoms with Gasteiger partial charge in [0.15, 0.2) is 5.82 Å². The number of methoxy groups -OCH3 is 1. The lowest BCUT2D eigenvalue weighted by molar-refractivity contribution is 0.0649. The third kappa shape index (κ3) is 3.24. The Morgan fingerprint density at radius 2 is 2.07 bits per heavy atom. The SMILES string of the molecule is COC(=O)N1CCc2c(c(N3CCOc4nc(C)ncc43)nn2C2CCOCC2)C1. The second-order valence-electron chi connectivity index (χ2n) is 7.79. The van der Waals surface area contributed by atoms with Crippen molar-refractivity contribution in [1.29, 1.82) is 0 Å². The van der Waals surface area contributed by atoms with Crippen molar-refractivity contribution < 1.29 is 19.0 Å². The molecule has 2 aromatic rings. The second kappa shape index (κ2) is 7.75. The zero-order valence-corrected chi connectivity index (χ0v) is 17.3. The van der Waals surface area contributed by atoms with Crippen molar-refractivity contribution in [2.75, 3.05) is 44.9 Å². The third-order valence-corrected chi connectivity index (χ3v) is 5.99. The summed E-state index contributed by atoms with van der Waals surface area (Å²) in [7, 11) is 1.42. The Bertz CT molecular complexity index is 955. The summed E-state index contributed by atoms with van der Waals surface area (Å²) in [5.74, 6) is 2.09. The number of rotatable bonds is 2. The normalized spacial score (nSPS) is 19.1. The van der Waals surface area contributed by atoms with Gasteiger partial charge in [-0.05, 0) is 19.8 Å². The van der Waals surface area contributed by atoms with Crippen LogP contribution in [0.2, 0.25) is 0 Å². The number of hydrogen-bond acceptors (Lipinski definition) is 8. The molecule has 0 unspecified atom stereocenters. The van der Waals surface area contributed by atoms with E-state index in [-0.39, 0.29) is 6.09 Å². The lowest BCUT2D eigenvalue weighted by Crippen LogP contribution is -2.37. The Balaban J connectivity index is 1.58. The van der Waals surface area contributed by atoms with Gasteiger partial charge < -0.3 is 24.0 Å². The van der Waals surface area contributed by atoms with Gasteiger partial charge in [-0.15, -0.1) is 0 Å². The fourth-order valence-electron chi connectivity index (χ4n) is 4.47. The Kier molecular flexibility index (Phi) is 4.93. The highest BCUT2D eigenvalue weighted by Crippen LogP contribution is 2.39. The van der Waals surface area contributed by atoms with Gasteiger partial charge in [0.25, 0.3) is 0 Å². The van der Waals surface area contributed by atoms with Gasteiger partial charge in [-0.25, -0.2) is 9.78 Å². The van der Waals surface area contributed by atoms with Gasteiger partial charge in [0.1, 0.15) is 18.1 Å². The number of carbonyl (C=O) groups is 1. The van der Waals surface area contributed by atoms with Gasteiger partial charge in [-0.3, -0.25) is 4.68 Å². The zero-order chi connectivity index (χ0) is 20.7. The minimum atomic E-state index is -0.313. The summed E-state index contributed by atoms with van der Waals surface area (Å²) < 4.78 is 18.5. The fourth-order valence-corrected chi connectivity index (χ4v) is 4.47. The molecule has 160 valence electrons. The number of fused-ring (bicyclic) bond motifs is 2. The molecule has 0 spiro atoms. The molecule has 3 aliphatic heterocycles.